The number of pyridine rings is 1. The van der Waals surface area contributed by atoms with Crippen molar-refractivity contribution in [3.63, 3.8) is 0 Å². The zero-order chi connectivity index (χ0) is 9.54. The maximum absolute atomic E-state index is 11.4. The molecule has 0 aliphatic rings. The fraction of sp³-hybridized carbons (Fsp3) is 0. The molecule has 3 rings (SSSR count). The van der Waals surface area contributed by atoms with E-state index < -0.39 is 0 Å². The molecule has 1 N–H and O–H groups in total. The third-order valence-electron chi connectivity index (χ3n) is 2.10. The SMILES string of the molecule is O=c1[nH]cnc2c1nc1ccccn12. The van der Waals surface area contributed by atoms with E-state index in [2.05, 4.69) is 15.0 Å². The van der Waals surface area contributed by atoms with Gasteiger partial charge in [-0.2, -0.15) is 0 Å². The number of nitrogens with one attached hydrogen (secondary N) is 1. The van der Waals surface area contributed by atoms with Gasteiger partial charge in [-0.3, -0.25) is 9.20 Å². The van der Waals surface area contributed by atoms with Gasteiger partial charge in [0.2, 0.25) is 0 Å². The van der Waals surface area contributed by atoms with E-state index >= 15 is 0 Å². The van der Waals surface area contributed by atoms with E-state index in [0.29, 0.717) is 11.2 Å². The molecule has 0 radical (unpaired) electrons. The van der Waals surface area contributed by atoms with Crippen molar-refractivity contribution in [2.45, 2.75) is 0 Å². The Kier molecular flexibility index (Phi) is 1.25. The van der Waals surface area contributed by atoms with Crippen molar-refractivity contribution < 1.29 is 0 Å². The van der Waals surface area contributed by atoms with Crippen LogP contribution in [-0.4, -0.2) is 19.4 Å². The van der Waals surface area contributed by atoms with Crippen molar-refractivity contribution in [1.29, 1.82) is 0 Å². The summed E-state index contributed by atoms with van der Waals surface area (Å²) in [5, 5.41) is 0. The quantitative estimate of drug-likeness (QED) is 0.558. The lowest BCUT2D eigenvalue weighted by atomic mass is 10.5. The molecule has 0 aromatic carbocycles. The highest BCUT2D eigenvalue weighted by atomic mass is 16.1. The second-order valence-electron chi connectivity index (χ2n) is 2.94. The summed E-state index contributed by atoms with van der Waals surface area (Å²) in [5.41, 5.74) is 1.48. The molecule has 0 aliphatic carbocycles. The Morgan fingerprint density at radius 1 is 1.36 bits per heavy atom. The van der Waals surface area contributed by atoms with E-state index in [-0.39, 0.29) is 5.56 Å². The van der Waals surface area contributed by atoms with E-state index in [0.717, 1.165) is 5.65 Å². The van der Waals surface area contributed by atoms with Crippen LogP contribution in [0, 0.1) is 0 Å². The van der Waals surface area contributed by atoms with E-state index in [1.165, 1.54) is 6.33 Å². The number of hydrogen-bond donors (Lipinski definition) is 1. The summed E-state index contributed by atoms with van der Waals surface area (Å²) in [7, 11) is 0. The number of nitrogens with zero attached hydrogens (tertiary/aromatic N) is 3. The maximum atomic E-state index is 11.4. The Bertz CT molecular complexity index is 667. The summed E-state index contributed by atoms with van der Waals surface area (Å²) in [4.78, 5) is 22.1. The first-order valence-corrected chi connectivity index (χ1v) is 4.17. The lowest BCUT2D eigenvalue weighted by molar-refractivity contribution is 1.12. The Labute approximate surface area is 78.1 Å². The van der Waals surface area contributed by atoms with Crippen molar-refractivity contribution in [2.24, 2.45) is 0 Å². The maximum Gasteiger partial charge on any atom is 0.278 e. The number of aromatic amines is 1. The highest BCUT2D eigenvalue weighted by Crippen LogP contribution is 2.08. The molecule has 5 nitrogen and oxygen atoms in total. The summed E-state index contributed by atoms with van der Waals surface area (Å²) in [6.45, 7) is 0. The van der Waals surface area contributed by atoms with E-state index in [4.69, 9.17) is 0 Å². The van der Waals surface area contributed by atoms with Crippen LogP contribution in [-0.2, 0) is 0 Å². The molecule has 3 heterocycles. The van der Waals surface area contributed by atoms with Gasteiger partial charge in [0.1, 0.15) is 5.65 Å². The highest BCUT2D eigenvalue weighted by molar-refractivity contribution is 5.75. The highest BCUT2D eigenvalue weighted by Gasteiger charge is 2.06. The molecule has 3 aromatic rings. The molecule has 0 aliphatic heterocycles. The fourth-order valence-corrected chi connectivity index (χ4v) is 1.48. The van der Waals surface area contributed by atoms with Crippen LogP contribution in [0.2, 0.25) is 0 Å². The average molecular weight is 186 g/mol. The third kappa shape index (κ3) is 0.806. The second kappa shape index (κ2) is 2.41. The third-order valence-corrected chi connectivity index (χ3v) is 2.10. The molecule has 0 spiro atoms. The molecule has 0 amide bonds. The van der Waals surface area contributed by atoms with Crippen LogP contribution in [0.1, 0.15) is 0 Å². The molecule has 0 saturated carbocycles. The van der Waals surface area contributed by atoms with Gasteiger partial charge >= 0.3 is 0 Å². The van der Waals surface area contributed by atoms with Crippen molar-refractivity contribution in [1.82, 2.24) is 19.4 Å². The monoisotopic (exact) mass is 186 g/mol. The second-order valence-corrected chi connectivity index (χ2v) is 2.94. The Hall–Kier alpha value is -2.17. The molecule has 3 aromatic heterocycles. The van der Waals surface area contributed by atoms with Crippen LogP contribution in [0.5, 0.6) is 0 Å². The number of imidazole rings is 1. The Morgan fingerprint density at radius 2 is 2.29 bits per heavy atom. The van der Waals surface area contributed by atoms with E-state index in [1.807, 2.05) is 24.4 Å². The summed E-state index contributed by atoms with van der Waals surface area (Å²) in [5.74, 6) is 0. The molecule has 0 saturated heterocycles. The van der Waals surface area contributed by atoms with Gasteiger partial charge in [0, 0.05) is 6.20 Å². The summed E-state index contributed by atoms with van der Waals surface area (Å²) in [6, 6.07) is 5.58. The standard InChI is InChI=1S/C9H6N4O/c14-9-7-8(10-5-11-9)13-4-2-1-3-6(13)12-7/h1-5H,(H,10,11,14). The first-order valence-electron chi connectivity index (χ1n) is 4.17. The summed E-state index contributed by atoms with van der Waals surface area (Å²) >= 11 is 0. The number of fused-ring (bicyclic) bond motifs is 3. The van der Waals surface area contributed by atoms with Gasteiger partial charge < -0.3 is 4.98 Å². The molecule has 0 atom stereocenters. The van der Waals surface area contributed by atoms with Gasteiger partial charge in [0.15, 0.2) is 11.2 Å². The lowest BCUT2D eigenvalue weighted by Crippen LogP contribution is -2.06. The van der Waals surface area contributed by atoms with Gasteiger partial charge in [-0.25, -0.2) is 9.97 Å². The molecule has 0 fully saturated rings. The van der Waals surface area contributed by atoms with E-state index in [1.54, 1.807) is 4.40 Å². The average Bonchev–Trinajstić information content (AvgIpc) is 2.59. The van der Waals surface area contributed by atoms with Gasteiger partial charge in [-0.05, 0) is 12.1 Å². The lowest BCUT2D eigenvalue weighted by Gasteiger charge is -1.90. The molecule has 0 unspecified atom stereocenters. The smallest absolute Gasteiger partial charge is 0.278 e. The van der Waals surface area contributed by atoms with Crippen molar-refractivity contribution >= 4 is 16.8 Å². The molecular weight excluding hydrogens is 180 g/mol. The molecule has 5 heteroatoms. The first-order chi connectivity index (χ1) is 6.86. The fourth-order valence-electron chi connectivity index (χ4n) is 1.48. The summed E-state index contributed by atoms with van der Waals surface area (Å²) in [6.07, 6.45) is 3.21. The van der Waals surface area contributed by atoms with Gasteiger partial charge in [-0.15, -0.1) is 0 Å². The molecule has 68 valence electrons. The van der Waals surface area contributed by atoms with Crippen LogP contribution in [0.3, 0.4) is 0 Å². The topological polar surface area (TPSA) is 63.0 Å². The number of aromatic nitrogens is 4. The Morgan fingerprint density at radius 3 is 3.21 bits per heavy atom. The molecular formula is C9H6N4O. The Balaban J connectivity index is 2.70. The zero-order valence-electron chi connectivity index (χ0n) is 7.14. The van der Waals surface area contributed by atoms with Gasteiger partial charge in [-0.1, -0.05) is 6.07 Å². The predicted octanol–water partition coefficient (Wildman–Crippen LogP) is 0.571. The van der Waals surface area contributed by atoms with Crippen LogP contribution in [0.4, 0.5) is 0 Å². The number of hydrogen-bond acceptors (Lipinski definition) is 3. The largest absolute Gasteiger partial charge is 0.311 e. The zero-order valence-corrected chi connectivity index (χ0v) is 7.14. The minimum absolute atomic E-state index is 0.210. The van der Waals surface area contributed by atoms with Crippen LogP contribution in [0.15, 0.2) is 35.5 Å². The van der Waals surface area contributed by atoms with Crippen molar-refractivity contribution in [2.75, 3.05) is 0 Å². The number of rotatable bonds is 0. The van der Waals surface area contributed by atoms with Crippen molar-refractivity contribution in [3.05, 3.63) is 41.1 Å². The first kappa shape index (κ1) is 7.25. The van der Waals surface area contributed by atoms with Crippen molar-refractivity contribution in [3.8, 4) is 0 Å². The molecule has 0 bridgehead atoms. The number of H-pyrrole nitrogens is 1. The van der Waals surface area contributed by atoms with Crippen LogP contribution in [0.25, 0.3) is 16.8 Å². The van der Waals surface area contributed by atoms with Gasteiger partial charge in [0.05, 0.1) is 6.33 Å². The van der Waals surface area contributed by atoms with Gasteiger partial charge in [0.25, 0.3) is 5.56 Å². The molecule has 14 heavy (non-hydrogen) atoms. The predicted molar refractivity (Wildman–Crippen MR) is 51.1 cm³/mol. The normalized spacial score (nSPS) is 11.1. The summed E-state index contributed by atoms with van der Waals surface area (Å²) < 4.78 is 1.78. The minimum Gasteiger partial charge on any atom is -0.311 e. The van der Waals surface area contributed by atoms with Crippen LogP contribution >= 0.6 is 0 Å². The van der Waals surface area contributed by atoms with E-state index in [9.17, 15) is 4.79 Å². The minimum atomic E-state index is -0.210. The van der Waals surface area contributed by atoms with Crippen LogP contribution < -0.4 is 5.56 Å².